The van der Waals surface area contributed by atoms with E-state index < -0.39 is 5.91 Å². The number of hydrogen-bond donors (Lipinski definition) is 3. The lowest BCUT2D eigenvalue weighted by Gasteiger charge is -2.34. The van der Waals surface area contributed by atoms with Gasteiger partial charge in [-0.1, -0.05) is 6.42 Å². The Bertz CT molecular complexity index is 1040. The Kier molecular flexibility index (Phi) is 5.79. The minimum absolute atomic E-state index is 0.111. The summed E-state index contributed by atoms with van der Waals surface area (Å²) in [6.07, 6.45) is 7.32. The molecule has 154 valence electrons. The van der Waals surface area contributed by atoms with E-state index in [1.165, 1.54) is 11.3 Å². The van der Waals surface area contributed by atoms with Crippen LogP contribution in [0.25, 0.3) is 4.96 Å². The fourth-order valence-electron chi connectivity index (χ4n) is 3.85. The Morgan fingerprint density at radius 1 is 1.38 bits per heavy atom. The van der Waals surface area contributed by atoms with Gasteiger partial charge in [-0.3, -0.25) is 18.9 Å². The highest BCUT2D eigenvalue weighted by molar-refractivity contribution is 7.16. The summed E-state index contributed by atoms with van der Waals surface area (Å²) in [6, 6.07) is 3.76. The minimum atomic E-state index is -0.400. The van der Waals surface area contributed by atoms with Crippen LogP contribution in [0.3, 0.4) is 0 Å². The van der Waals surface area contributed by atoms with Gasteiger partial charge in [0.1, 0.15) is 5.56 Å². The Labute approximate surface area is 172 Å². The number of pyridine rings is 1. The number of aromatic amines is 1. The molecule has 0 aliphatic carbocycles. The molecular formula is C20H26N6O2S. The molecule has 1 saturated heterocycles. The zero-order valence-corrected chi connectivity index (χ0v) is 17.3. The molecule has 1 aliphatic heterocycles. The Balaban J connectivity index is 1.39. The predicted octanol–water partition coefficient (Wildman–Crippen LogP) is 1.64. The Hall–Kier alpha value is -2.49. The molecule has 29 heavy (non-hydrogen) atoms. The number of fused-ring (bicyclic) bond motifs is 1. The molecule has 1 aliphatic rings. The molecule has 4 rings (SSSR count). The maximum absolute atomic E-state index is 12.5. The summed E-state index contributed by atoms with van der Waals surface area (Å²) >= 11 is 1.60. The van der Waals surface area contributed by atoms with Gasteiger partial charge >= 0.3 is 0 Å². The second kappa shape index (κ2) is 8.48. The summed E-state index contributed by atoms with van der Waals surface area (Å²) in [5.74, 6) is -0.400. The number of nitrogens with two attached hydrogens (primary N) is 1. The van der Waals surface area contributed by atoms with Crippen molar-refractivity contribution in [3.63, 3.8) is 0 Å². The zero-order valence-electron chi connectivity index (χ0n) is 16.5. The summed E-state index contributed by atoms with van der Waals surface area (Å²) in [5, 5.41) is 2.78. The largest absolute Gasteiger partial charge is 0.346 e. The molecule has 0 saturated carbocycles. The lowest BCUT2D eigenvalue weighted by Crippen LogP contribution is -2.43. The van der Waals surface area contributed by atoms with Crippen LogP contribution in [0.4, 0.5) is 0 Å². The molecule has 0 unspecified atom stereocenters. The number of H-pyrrole nitrogens is 1. The SMILES string of the molecule is Cc1cn2cc(CNC(=O)c3ccc(CN4CCCC[C@@H]4CN)[nH]c3=O)nc2s1. The van der Waals surface area contributed by atoms with Gasteiger partial charge in [0.25, 0.3) is 11.5 Å². The van der Waals surface area contributed by atoms with Crippen molar-refractivity contribution in [1.29, 1.82) is 0 Å². The molecule has 3 aromatic rings. The van der Waals surface area contributed by atoms with Gasteiger partial charge in [-0.15, -0.1) is 11.3 Å². The fourth-order valence-corrected chi connectivity index (χ4v) is 4.68. The van der Waals surface area contributed by atoms with Gasteiger partial charge < -0.3 is 16.0 Å². The highest BCUT2D eigenvalue weighted by Gasteiger charge is 2.21. The predicted molar refractivity (Wildman–Crippen MR) is 113 cm³/mol. The summed E-state index contributed by atoms with van der Waals surface area (Å²) < 4.78 is 1.94. The van der Waals surface area contributed by atoms with Crippen molar-refractivity contribution in [3.05, 3.63) is 56.7 Å². The van der Waals surface area contributed by atoms with Crippen LogP contribution in [-0.2, 0) is 13.1 Å². The maximum Gasteiger partial charge on any atom is 0.261 e. The van der Waals surface area contributed by atoms with Gasteiger partial charge in [0.15, 0.2) is 4.96 Å². The van der Waals surface area contributed by atoms with E-state index in [9.17, 15) is 9.59 Å². The van der Waals surface area contributed by atoms with Crippen LogP contribution in [0, 0.1) is 6.92 Å². The number of aryl methyl sites for hydroxylation is 1. The van der Waals surface area contributed by atoms with Crippen LogP contribution in [0.2, 0.25) is 0 Å². The molecule has 1 fully saturated rings. The summed E-state index contributed by atoms with van der Waals surface area (Å²) in [6.45, 7) is 4.55. The van der Waals surface area contributed by atoms with Crippen LogP contribution in [0.1, 0.15) is 45.9 Å². The molecule has 1 amide bonds. The van der Waals surface area contributed by atoms with E-state index in [1.807, 2.05) is 29.8 Å². The van der Waals surface area contributed by atoms with Crippen molar-refractivity contribution in [2.45, 2.75) is 45.3 Å². The third-order valence-corrected chi connectivity index (χ3v) is 6.27. The Morgan fingerprint density at radius 3 is 3.00 bits per heavy atom. The third-order valence-electron chi connectivity index (χ3n) is 5.36. The van der Waals surface area contributed by atoms with Crippen LogP contribution in [-0.4, -0.2) is 44.3 Å². The van der Waals surface area contributed by atoms with E-state index in [2.05, 4.69) is 20.2 Å². The van der Waals surface area contributed by atoms with Crippen LogP contribution in [0.5, 0.6) is 0 Å². The molecule has 4 N–H and O–H groups in total. The second-order valence-corrected chi connectivity index (χ2v) is 8.74. The molecule has 9 heteroatoms. The normalized spacial score (nSPS) is 17.7. The zero-order chi connectivity index (χ0) is 20.4. The fraction of sp³-hybridized carbons (Fsp3) is 0.450. The first kappa shape index (κ1) is 19.8. The van der Waals surface area contributed by atoms with Crippen molar-refractivity contribution in [1.82, 2.24) is 24.6 Å². The number of piperidine rings is 1. The van der Waals surface area contributed by atoms with E-state index in [4.69, 9.17) is 5.73 Å². The van der Waals surface area contributed by atoms with E-state index >= 15 is 0 Å². The number of rotatable bonds is 6. The van der Waals surface area contributed by atoms with Gasteiger partial charge in [0, 0.05) is 42.1 Å². The van der Waals surface area contributed by atoms with E-state index in [1.54, 1.807) is 17.4 Å². The molecule has 8 nitrogen and oxygen atoms in total. The number of likely N-dealkylation sites (tertiary alicyclic amines) is 1. The summed E-state index contributed by atoms with van der Waals surface area (Å²) in [7, 11) is 0. The second-order valence-electron chi connectivity index (χ2n) is 7.53. The molecular weight excluding hydrogens is 388 g/mol. The number of imidazole rings is 1. The highest BCUT2D eigenvalue weighted by atomic mass is 32.1. The van der Waals surface area contributed by atoms with Gasteiger partial charge in [0.05, 0.1) is 12.2 Å². The average molecular weight is 415 g/mol. The third kappa shape index (κ3) is 4.42. The highest BCUT2D eigenvalue weighted by Crippen LogP contribution is 2.18. The van der Waals surface area contributed by atoms with Crippen molar-refractivity contribution < 1.29 is 4.79 Å². The quantitative estimate of drug-likeness (QED) is 0.568. The van der Waals surface area contributed by atoms with Gasteiger partial charge in [0.2, 0.25) is 0 Å². The number of aromatic nitrogens is 3. The topological polar surface area (TPSA) is 109 Å². The van der Waals surface area contributed by atoms with E-state index in [-0.39, 0.29) is 17.7 Å². The van der Waals surface area contributed by atoms with Gasteiger partial charge in [-0.25, -0.2) is 4.98 Å². The monoisotopic (exact) mass is 414 g/mol. The number of nitrogens with one attached hydrogen (secondary N) is 2. The Morgan fingerprint density at radius 2 is 2.24 bits per heavy atom. The smallest absolute Gasteiger partial charge is 0.261 e. The van der Waals surface area contributed by atoms with Crippen LogP contribution >= 0.6 is 11.3 Å². The molecule has 0 bridgehead atoms. The number of carbonyl (C=O) groups is 1. The average Bonchev–Trinajstić information content (AvgIpc) is 3.23. The van der Waals surface area contributed by atoms with Crippen LogP contribution in [0.15, 0.2) is 29.3 Å². The molecule has 0 spiro atoms. The van der Waals surface area contributed by atoms with E-state index in [0.717, 1.165) is 35.7 Å². The number of amides is 1. The molecule has 3 aromatic heterocycles. The first-order valence-electron chi connectivity index (χ1n) is 9.92. The maximum atomic E-state index is 12.5. The number of hydrogen-bond acceptors (Lipinski definition) is 6. The number of carbonyl (C=O) groups excluding carboxylic acids is 1. The lowest BCUT2D eigenvalue weighted by molar-refractivity contribution is 0.0948. The van der Waals surface area contributed by atoms with Crippen molar-refractivity contribution in [3.8, 4) is 0 Å². The standard InChI is InChI=1S/C20H26N6O2S/c1-13-10-26-12-15(24-20(26)29-13)9-22-18(27)17-6-5-14(23-19(17)28)11-25-7-3-2-4-16(25)8-21/h5-6,10,12,16H,2-4,7-9,11,21H2,1H3,(H,22,27)(H,23,28)/t16-/m1/s1. The minimum Gasteiger partial charge on any atom is -0.346 e. The first-order valence-corrected chi connectivity index (χ1v) is 10.7. The molecule has 0 radical (unpaired) electrons. The van der Waals surface area contributed by atoms with Gasteiger partial charge in [-0.2, -0.15) is 0 Å². The molecule has 1 atom stereocenters. The number of nitrogens with zero attached hydrogens (tertiary/aromatic N) is 3. The first-order chi connectivity index (χ1) is 14.0. The van der Waals surface area contributed by atoms with Crippen molar-refractivity contribution >= 4 is 22.2 Å². The van der Waals surface area contributed by atoms with Gasteiger partial charge in [-0.05, 0) is 38.4 Å². The summed E-state index contributed by atoms with van der Waals surface area (Å²) in [4.78, 5) is 36.6. The molecule has 4 heterocycles. The number of thiazole rings is 1. The van der Waals surface area contributed by atoms with E-state index in [0.29, 0.717) is 19.1 Å². The lowest BCUT2D eigenvalue weighted by atomic mass is 10.0. The van der Waals surface area contributed by atoms with Crippen molar-refractivity contribution in [2.24, 2.45) is 5.73 Å². The van der Waals surface area contributed by atoms with Crippen molar-refractivity contribution in [2.75, 3.05) is 13.1 Å². The summed E-state index contributed by atoms with van der Waals surface area (Å²) in [5.41, 5.74) is 7.18. The molecule has 0 aromatic carbocycles. The van der Waals surface area contributed by atoms with Crippen LogP contribution < -0.4 is 16.6 Å².